The van der Waals surface area contributed by atoms with Crippen molar-refractivity contribution in [3.63, 3.8) is 0 Å². The minimum Gasteiger partial charge on any atom is -0.484 e. The molecule has 5 heteroatoms. The van der Waals surface area contributed by atoms with Crippen molar-refractivity contribution < 1.29 is 14.3 Å². The number of likely N-dealkylation sites (tertiary alicyclic amines) is 1. The van der Waals surface area contributed by atoms with Gasteiger partial charge in [0.05, 0.1) is 6.10 Å². The van der Waals surface area contributed by atoms with Crippen LogP contribution in [0.15, 0.2) is 24.3 Å². The molecule has 0 spiro atoms. The summed E-state index contributed by atoms with van der Waals surface area (Å²) in [6.45, 7) is 1.49. The highest BCUT2D eigenvalue weighted by atomic mass is 16.5. The Bertz CT molecular complexity index is 419. The SMILES string of the molecule is COC1CCCN(C(=O)COc2ccc(N)cc2)C1. The van der Waals surface area contributed by atoms with Crippen molar-refractivity contribution in [2.24, 2.45) is 0 Å². The molecule has 1 fully saturated rings. The molecule has 1 saturated heterocycles. The molecule has 0 saturated carbocycles. The first kappa shape index (κ1) is 13.7. The molecule has 1 aliphatic rings. The average Bonchev–Trinajstić information content (AvgIpc) is 2.46. The van der Waals surface area contributed by atoms with E-state index >= 15 is 0 Å². The molecule has 1 heterocycles. The van der Waals surface area contributed by atoms with E-state index in [1.54, 1.807) is 36.3 Å². The van der Waals surface area contributed by atoms with Crippen molar-refractivity contribution in [3.8, 4) is 5.75 Å². The third-order valence-electron chi connectivity index (χ3n) is 3.31. The third kappa shape index (κ3) is 3.86. The van der Waals surface area contributed by atoms with Gasteiger partial charge in [-0.3, -0.25) is 4.79 Å². The first-order chi connectivity index (χ1) is 9.19. The second-order valence-corrected chi connectivity index (χ2v) is 4.70. The number of carbonyl (C=O) groups excluding carboxylic acids is 1. The van der Waals surface area contributed by atoms with E-state index in [9.17, 15) is 4.79 Å². The van der Waals surface area contributed by atoms with Crippen LogP contribution in [0.4, 0.5) is 5.69 Å². The van der Waals surface area contributed by atoms with Crippen LogP contribution in [0.3, 0.4) is 0 Å². The zero-order chi connectivity index (χ0) is 13.7. The summed E-state index contributed by atoms with van der Waals surface area (Å²) in [5.74, 6) is 0.654. The number of methoxy groups -OCH3 is 1. The van der Waals surface area contributed by atoms with Crippen molar-refractivity contribution in [2.45, 2.75) is 18.9 Å². The van der Waals surface area contributed by atoms with Crippen molar-refractivity contribution in [1.82, 2.24) is 4.90 Å². The van der Waals surface area contributed by atoms with E-state index in [1.807, 2.05) is 0 Å². The lowest BCUT2D eigenvalue weighted by Crippen LogP contribution is -2.44. The molecule has 1 aromatic rings. The monoisotopic (exact) mass is 264 g/mol. The van der Waals surface area contributed by atoms with Crippen LogP contribution < -0.4 is 10.5 Å². The van der Waals surface area contributed by atoms with Crippen LogP contribution in [0.1, 0.15) is 12.8 Å². The Kier molecular flexibility index (Phi) is 4.63. The van der Waals surface area contributed by atoms with Gasteiger partial charge in [-0.05, 0) is 37.1 Å². The fourth-order valence-electron chi connectivity index (χ4n) is 2.16. The molecule has 1 amide bonds. The second-order valence-electron chi connectivity index (χ2n) is 4.70. The van der Waals surface area contributed by atoms with Gasteiger partial charge in [-0.15, -0.1) is 0 Å². The van der Waals surface area contributed by atoms with Crippen molar-refractivity contribution in [2.75, 3.05) is 32.5 Å². The number of amides is 1. The fraction of sp³-hybridized carbons (Fsp3) is 0.500. The Morgan fingerprint density at radius 1 is 1.42 bits per heavy atom. The molecule has 1 atom stereocenters. The molecule has 1 aromatic carbocycles. The van der Waals surface area contributed by atoms with Crippen LogP contribution in [0.5, 0.6) is 5.75 Å². The van der Waals surface area contributed by atoms with Crippen molar-refractivity contribution in [1.29, 1.82) is 0 Å². The number of carbonyl (C=O) groups is 1. The van der Waals surface area contributed by atoms with Gasteiger partial charge in [0.1, 0.15) is 5.75 Å². The van der Waals surface area contributed by atoms with Crippen LogP contribution >= 0.6 is 0 Å². The molecule has 2 rings (SSSR count). The van der Waals surface area contributed by atoms with E-state index in [2.05, 4.69) is 0 Å². The molecule has 104 valence electrons. The van der Waals surface area contributed by atoms with Crippen LogP contribution in [-0.4, -0.2) is 43.7 Å². The largest absolute Gasteiger partial charge is 0.484 e. The summed E-state index contributed by atoms with van der Waals surface area (Å²) in [4.78, 5) is 13.8. The van der Waals surface area contributed by atoms with Gasteiger partial charge in [0.15, 0.2) is 6.61 Å². The van der Waals surface area contributed by atoms with Crippen LogP contribution in [0.25, 0.3) is 0 Å². The molecular weight excluding hydrogens is 244 g/mol. The normalized spacial score (nSPS) is 19.2. The Morgan fingerprint density at radius 2 is 2.16 bits per heavy atom. The molecule has 1 aliphatic heterocycles. The molecular formula is C14H20N2O3. The highest BCUT2D eigenvalue weighted by molar-refractivity contribution is 5.77. The lowest BCUT2D eigenvalue weighted by molar-refractivity contribution is -0.136. The Balaban J connectivity index is 1.82. The maximum atomic E-state index is 12.0. The van der Waals surface area contributed by atoms with Gasteiger partial charge >= 0.3 is 0 Å². The zero-order valence-electron chi connectivity index (χ0n) is 11.2. The average molecular weight is 264 g/mol. The molecule has 0 bridgehead atoms. The number of benzene rings is 1. The predicted molar refractivity (Wildman–Crippen MR) is 73.0 cm³/mol. The summed E-state index contributed by atoms with van der Waals surface area (Å²) < 4.78 is 10.8. The molecule has 0 aliphatic carbocycles. The van der Waals surface area contributed by atoms with E-state index in [0.717, 1.165) is 19.4 Å². The Labute approximate surface area is 113 Å². The molecule has 1 unspecified atom stereocenters. The topological polar surface area (TPSA) is 64.8 Å². The number of nitrogens with zero attached hydrogens (tertiary/aromatic N) is 1. The van der Waals surface area contributed by atoms with E-state index in [4.69, 9.17) is 15.2 Å². The maximum absolute atomic E-state index is 12.0. The highest BCUT2D eigenvalue weighted by Crippen LogP contribution is 2.15. The van der Waals surface area contributed by atoms with E-state index in [0.29, 0.717) is 18.0 Å². The summed E-state index contributed by atoms with van der Waals surface area (Å²) in [5.41, 5.74) is 6.26. The summed E-state index contributed by atoms with van der Waals surface area (Å²) >= 11 is 0. The Hall–Kier alpha value is -1.75. The number of nitrogens with two attached hydrogens (primary N) is 1. The Morgan fingerprint density at radius 3 is 2.84 bits per heavy atom. The van der Waals surface area contributed by atoms with Gasteiger partial charge in [0.2, 0.25) is 0 Å². The summed E-state index contributed by atoms with van der Waals surface area (Å²) in [5, 5.41) is 0. The number of nitrogen functional groups attached to an aromatic ring is 1. The summed E-state index contributed by atoms with van der Waals surface area (Å²) in [6.07, 6.45) is 2.14. The number of hydrogen-bond acceptors (Lipinski definition) is 4. The smallest absolute Gasteiger partial charge is 0.260 e. The lowest BCUT2D eigenvalue weighted by Gasteiger charge is -2.31. The van der Waals surface area contributed by atoms with Crippen LogP contribution in [-0.2, 0) is 9.53 Å². The van der Waals surface area contributed by atoms with E-state index < -0.39 is 0 Å². The molecule has 0 radical (unpaired) electrons. The number of hydrogen-bond donors (Lipinski definition) is 1. The van der Waals surface area contributed by atoms with Crippen molar-refractivity contribution >= 4 is 11.6 Å². The standard InChI is InChI=1S/C14H20N2O3/c1-18-13-3-2-8-16(9-13)14(17)10-19-12-6-4-11(15)5-7-12/h4-7,13H,2-3,8-10,15H2,1H3. The third-order valence-corrected chi connectivity index (χ3v) is 3.31. The summed E-state index contributed by atoms with van der Waals surface area (Å²) in [7, 11) is 1.68. The van der Waals surface area contributed by atoms with E-state index in [1.165, 1.54) is 0 Å². The van der Waals surface area contributed by atoms with Gasteiger partial charge in [-0.25, -0.2) is 0 Å². The number of ether oxygens (including phenoxy) is 2. The van der Waals surface area contributed by atoms with E-state index in [-0.39, 0.29) is 18.6 Å². The fourth-order valence-corrected chi connectivity index (χ4v) is 2.16. The van der Waals surface area contributed by atoms with Gasteiger partial charge in [0, 0.05) is 25.9 Å². The molecule has 0 aromatic heterocycles. The molecule has 19 heavy (non-hydrogen) atoms. The number of piperidine rings is 1. The maximum Gasteiger partial charge on any atom is 0.260 e. The number of rotatable bonds is 4. The minimum atomic E-state index is -0.00132. The molecule has 2 N–H and O–H groups in total. The summed E-state index contributed by atoms with van der Waals surface area (Å²) in [6, 6.07) is 7.02. The lowest BCUT2D eigenvalue weighted by atomic mass is 10.1. The van der Waals surface area contributed by atoms with Gasteiger partial charge in [-0.2, -0.15) is 0 Å². The molecule has 5 nitrogen and oxygen atoms in total. The first-order valence-electron chi connectivity index (χ1n) is 6.48. The number of anilines is 1. The van der Waals surface area contributed by atoms with Crippen molar-refractivity contribution in [3.05, 3.63) is 24.3 Å². The van der Waals surface area contributed by atoms with Gasteiger partial charge < -0.3 is 20.1 Å². The van der Waals surface area contributed by atoms with Gasteiger partial charge in [0.25, 0.3) is 5.91 Å². The second kappa shape index (κ2) is 6.43. The highest BCUT2D eigenvalue weighted by Gasteiger charge is 2.23. The van der Waals surface area contributed by atoms with Crippen LogP contribution in [0.2, 0.25) is 0 Å². The minimum absolute atomic E-state index is 0.00132. The first-order valence-corrected chi connectivity index (χ1v) is 6.48. The van der Waals surface area contributed by atoms with Gasteiger partial charge in [-0.1, -0.05) is 0 Å². The van der Waals surface area contributed by atoms with Crippen LogP contribution in [0, 0.1) is 0 Å². The predicted octanol–water partition coefficient (Wildman–Crippen LogP) is 1.28. The zero-order valence-corrected chi connectivity index (χ0v) is 11.2. The quantitative estimate of drug-likeness (QED) is 0.832.